The second-order valence-electron chi connectivity index (χ2n) is 10.7. The molecule has 3 atom stereocenters. The van der Waals surface area contributed by atoms with Crippen LogP contribution in [0, 0.1) is 6.92 Å². The summed E-state index contributed by atoms with van der Waals surface area (Å²) in [6.07, 6.45) is 1.19. The van der Waals surface area contributed by atoms with Gasteiger partial charge >= 0.3 is 0 Å². The van der Waals surface area contributed by atoms with Crippen LogP contribution in [0.3, 0.4) is 0 Å². The molecule has 0 aliphatic carbocycles. The third-order valence-electron chi connectivity index (χ3n) is 7.91. The van der Waals surface area contributed by atoms with Gasteiger partial charge in [-0.1, -0.05) is 12.1 Å². The van der Waals surface area contributed by atoms with Gasteiger partial charge in [0.2, 0.25) is 0 Å². The number of piperazine rings is 1. The number of thiophene rings is 1. The van der Waals surface area contributed by atoms with E-state index in [4.69, 9.17) is 4.74 Å². The van der Waals surface area contributed by atoms with Crippen molar-refractivity contribution in [3.63, 3.8) is 0 Å². The number of carbonyl (C=O) groups is 2. The number of rotatable bonds is 7. The van der Waals surface area contributed by atoms with Crippen molar-refractivity contribution in [3.05, 3.63) is 69.4 Å². The molecule has 1 N–H and O–H groups in total. The average Bonchev–Trinajstić information content (AvgIpc) is 3.64. The minimum Gasteiger partial charge on any atom is -0.496 e. The standard InChI is InChI=1S/C30H36N4O3S/c1-18-7-9-22(34-16-23-13-24(34)15-33(23)5)14-25(18)29(35)31-19(2)20-8-10-27(37-6)26(11-20)21-12-28(38-17-21)30(36)32(3)4/h7-12,14,17,19,23-24H,13,15-16H2,1-6H3,(H,31,35)/t19-,23?,24-/m1/s1. The van der Waals surface area contributed by atoms with Gasteiger partial charge in [0.15, 0.2) is 0 Å². The number of methoxy groups -OCH3 is 1. The first-order valence-corrected chi connectivity index (χ1v) is 13.9. The van der Waals surface area contributed by atoms with E-state index < -0.39 is 0 Å². The fourth-order valence-corrected chi connectivity index (χ4v) is 6.53. The molecule has 1 aromatic heterocycles. The van der Waals surface area contributed by atoms with E-state index in [1.165, 1.54) is 17.8 Å². The molecular weight excluding hydrogens is 496 g/mol. The lowest BCUT2D eigenvalue weighted by atomic mass is 9.99. The second-order valence-corrected chi connectivity index (χ2v) is 11.6. The third kappa shape index (κ3) is 4.90. The number of fused-ring (bicyclic) bond motifs is 2. The highest BCUT2D eigenvalue weighted by Crippen LogP contribution is 2.36. The maximum atomic E-state index is 13.4. The van der Waals surface area contributed by atoms with E-state index in [1.54, 1.807) is 26.1 Å². The molecule has 5 rings (SSSR count). The van der Waals surface area contributed by atoms with Gasteiger partial charge in [0.25, 0.3) is 11.8 Å². The molecule has 2 aliphatic heterocycles. The van der Waals surface area contributed by atoms with Gasteiger partial charge < -0.3 is 19.9 Å². The Morgan fingerprint density at radius 1 is 1.11 bits per heavy atom. The van der Waals surface area contributed by atoms with Gasteiger partial charge in [-0.25, -0.2) is 0 Å². The molecule has 0 spiro atoms. The fraction of sp³-hybridized carbons (Fsp3) is 0.400. The maximum Gasteiger partial charge on any atom is 0.263 e. The quantitative estimate of drug-likeness (QED) is 0.473. The van der Waals surface area contributed by atoms with E-state index in [2.05, 4.69) is 34.3 Å². The first kappa shape index (κ1) is 26.3. The third-order valence-corrected chi connectivity index (χ3v) is 8.83. The van der Waals surface area contributed by atoms with Crippen molar-refractivity contribution in [2.24, 2.45) is 0 Å². The molecule has 1 unspecified atom stereocenters. The summed E-state index contributed by atoms with van der Waals surface area (Å²) in [6.45, 7) is 6.07. The van der Waals surface area contributed by atoms with Crippen LogP contribution < -0.4 is 15.0 Å². The predicted octanol–water partition coefficient (Wildman–Crippen LogP) is 4.82. The van der Waals surface area contributed by atoms with Crippen LogP contribution in [0.1, 0.15) is 50.5 Å². The van der Waals surface area contributed by atoms with Gasteiger partial charge in [0, 0.05) is 56.1 Å². The van der Waals surface area contributed by atoms with Gasteiger partial charge in [-0.3, -0.25) is 14.5 Å². The normalized spacial score (nSPS) is 19.5. The molecule has 2 aliphatic rings. The summed E-state index contributed by atoms with van der Waals surface area (Å²) in [5.41, 5.74) is 5.59. The highest BCUT2D eigenvalue weighted by Gasteiger charge is 2.41. The topological polar surface area (TPSA) is 65.1 Å². The van der Waals surface area contributed by atoms with Crippen molar-refractivity contribution < 1.29 is 14.3 Å². The Labute approximate surface area is 229 Å². The van der Waals surface area contributed by atoms with Crippen molar-refractivity contribution in [1.29, 1.82) is 0 Å². The Kier molecular flexibility index (Phi) is 7.20. The molecule has 38 heavy (non-hydrogen) atoms. The molecule has 3 aromatic rings. The number of nitrogens with zero attached hydrogens (tertiary/aromatic N) is 3. The number of carbonyl (C=O) groups excluding carboxylic acids is 2. The van der Waals surface area contributed by atoms with E-state index in [0.29, 0.717) is 22.5 Å². The van der Waals surface area contributed by atoms with E-state index in [0.717, 1.165) is 46.8 Å². The Morgan fingerprint density at radius 2 is 1.89 bits per heavy atom. The zero-order chi connectivity index (χ0) is 27.1. The molecule has 0 saturated carbocycles. The Morgan fingerprint density at radius 3 is 2.55 bits per heavy atom. The fourth-order valence-electron chi connectivity index (χ4n) is 5.60. The van der Waals surface area contributed by atoms with Crippen molar-refractivity contribution in [1.82, 2.24) is 15.1 Å². The zero-order valence-electron chi connectivity index (χ0n) is 22.9. The summed E-state index contributed by atoms with van der Waals surface area (Å²) >= 11 is 1.42. The lowest BCUT2D eigenvalue weighted by Gasteiger charge is -2.34. The molecule has 0 radical (unpaired) electrons. The van der Waals surface area contributed by atoms with Gasteiger partial charge in [0.1, 0.15) is 5.75 Å². The largest absolute Gasteiger partial charge is 0.496 e. The summed E-state index contributed by atoms with van der Waals surface area (Å²) in [7, 11) is 7.33. The monoisotopic (exact) mass is 532 g/mol. The Balaban J connectivity index is 1.35. The van der Waals surface area contributed by atoms with Crippen molar-refractivity contribution >= 4 is 28.8 Å². The SMILES string of the molecule is COc1ccc([C@@H](C)NC(=O)c2cc(N3CC4C[C@@H]3CN4C)ccc2C)cc1-c1csc(C(=O)N(C)C)c1. The number of ether oxygens (including phenoxy) is 1. The summed E-state index contributed by atoms with van der Waals surface area (Å²) in [4.78, 5) is 33.0. The average molecular weight is 533 g/mol. The van der Waals surface area contributed by atoms with E-state index in [-0.39, 0.29) is 17.9 Å². The number of nitrogens with one attached hydrogen (secondary N) is 1. The number of aryl methyl sites for hydroxylation is 1. The summed E-state index contributed by atoms with van der Waals surface area (Å²) in [5.74, 6) is 0.622. The molecular formula is C30H36N4O3S. The summed E-state index contributed by atoms with van der Waals surface area (Å²) < 4.78 is 5.62. The van der Waals surface area contributed by atoms with Crippen LogP contribution in [0.15, 0.2) is 47.8 Å². The van der Waals surface area contributed by atoms with Crippen LogP contribution in [-0.2, 0) is 0 Å². The number of hydrogen-bond acceptors (Lipinski definition) is 6. The highest BCUT2D eigenvalue weighted by molar-refractivity contribution is 7.12. The van der Waals surface area contributed by atoms with Gasteiger partial charge in [-0.2, -0.15) is 0 Å². The van der Waals surface area contributed by atoms with Gasteiger partial charge in [0.05, 0.1) is 18.0 Å². The smallest absolute Gasteiger partial charge is 0.263 e. The van der Waals surface area contributed by atoms with E-state index >= 15 is 0 Å². The molecule has 200 valence electrons. The predicted molar refractivity (Wildman–Crippen MR) is 154 cm³/mol. The van der Waals surface area contributed by atoms with Gasteiger partial charge in [-0.05, 0) is 79.7 Å². The van der Waals surface area contributed by atoms with E-state index in [9.17, 15) is 9.59 Å². The first-order valence-electron chi connectivity index (χ1n) is 13.0. The van der Waals surface area contributed by atoms with Crippen LogP contribution in [0.4, 0.5) is 5.69 Å². The molecule has 8 heteroatoms. The van der Waals surface area contributed by atoms with Crippen molar-refractivity contribution in [2.75, 3.05) is 46.2 Å². The molecule has 2 amide bonds. The Hall–Kier alpha value is -3.36. The number of amides is 2. The minimum atomic E-state index is -0.215. The minimum absolute atomic E-state index is 0.0246. The van der Waals surface area contributed by atoms with Crippen LogP contribution in [0.5, 0.6) is 5.75 Å². The van der Waals surface area contributed by atoms with Crippen molar-refractivity contribution in [3.8, 4) is 16.9 Å². The molecule has 2 saturated heterocycles. The van der Waals surface area contributed by atoms with Gasteiger partial charge in [-0.15, -0.1) is 11.3 Å². The highest BCUT2D eigenvalue weighted by atomic mass is 32.1. The van der Waals surface area contributed by atoms with Crippen LogP contribution in [-0.4, -0.2) is 75.0 Å². The maximum absolute atomic E-state index is 13.4. The number of anilines is 1. The summed E-state index contributed by atoms with van der Waals surface area (Å²) in [6, 6.07) is 15.0. The van der Waals surface area contributed by atoms with Crippen LogP contribution in [0.25, 0.3) is 11.1 Å². The van der Waals surface area contributed by atoms with E-state index in [1.807, 2.05) is 49.6 Å². The lowest BCUT2D eigenvalue weighted by Crippen LogP contribution is -2.44. The van der Waals surface area contributed by atoms with Crippen molar-refractivity contribution in [2.45, 2.75) is 38.4 Å². The Bertz CT molecular complexity index is 1370. The summed E-state index contributed by atoms with van der Waals surface area (Å²) in [5, 5.41) is 5.17. The molecule has 3 heterocycles. The van der Waals surface area contributed by atoms with Crippen LogP contribution >= 0.6 is 11.3 Å². The number of likely N-dealkylation sites (tertiary alicyclic amines) is 1. The lowest BCUT2D eigenvalue weighted by molar-refractivity contribution is 0.0831. The number of hydrogen-bond donors (Lipinski definition) is 1. The van der Waals surface area contributed by atoms with Crippen LogP contribution in [0.2, 0.25) is 0 Å². The number of benzene rings is 2. The molecule has 2 aromatic carbocycles. The first-order chi connectivity index (χ1) is 18.2. The molecule has 7 nitrogen and oxygen atoms in total. The molecule has 2 fully saturated rings. The zero-order valence-corrected chi connectivity index (χ0v) is 23.8. The molecule has 2 bridgehead atoms. The number of likely N-dealkylation sites (N-methyl/N-ethyl adjacent to an activating group) is 1. The second kappa shape index (κ2) is 10.4.